The molecule has 0 aliphatic carbocycles. The van der Waals surface area contributed by atoms with Gasteiger partial charge in [0.2, 0.25) is 0 Å². The third-order valence-corrected chi connectivity index (χ3v) is 5.19. The summed E-state index contributed by atoms with van der Waals surface area (Å²) in [5, 5.41) is 3.50. The van der Waals surface area contributed by atoms with Crippen molar-refractivity contribution < 1.29 is 18.9 Å². The topological polar surface area (TPSA) is 49.0 Å². The van der Waals surface area contributed by atoms with Crippen LogP contribution in [0.15, 0.2) is 60.7 Å². The number of hydrogen-bond acceptors (Lipinski definition) is 5. The normalized spacial score (nSPS) is 10.6. The van der Waals surface area contributed by atoms with Gasteiger partial charge in [-0.3, -0.25) is 0 Å². The molecular formula is C27H33NO4. The molecule has 0 radical (unpaired) electrons. The van der Waals surface area contributed by atoms with Crippen molar-refractivity contribution >= 4 is 0 Å². The first kappa shape index (κ1) is 23.5. The maximum atomic E-state index is 6.03. The van der Waals surface area contributed by atoms with E-state index in [9.17, 15) is 0 Å². The number of methoxy groups -OCH3 is 2. The SMILES string of the molecule is CCOc1cc(CNCCc2ccc(OC)c(OC)c2)ccc1OCc1ccc(C)cc1. The molecule has 3 rings (SSSR count). The van der Waals surface area contributed by atoms with Crippen LogP contribution in [0.2, 0.25) is 0 Å². The van der Waals surface area contributed by atoms with Crippen molar-refractivity contribution in [3.05, 3.63) is 82.9 Å². The Kier molecular flexibility index (Phi) is 8.81. The van der Waals surface area contributed by atoms with Crippen LogP contribution < -0.4 is 24.3 Å². The number of ether oxygens (including phenoxy) is 4. The second-order valence-corrected chi connectivity index (χ2v) is 7.60. The molecule has 0 aliphatic heterocycles. The van der Waals surface area contributed by atoms with Crippen LogP contribution in [-0.2, 0) is 19.6 Å². The third-order valence-electron chi connectivity index (χ3n) is 5.19. The summed E-state index contributed by atoms with van der Waals surface area (Å²) in [6.45, 7) is 6.79. The van der Waals surface area contributed by atoms with Crippen molar-refractivity contribution in [2.24, 2.45) is 0 Å². The van der Waals surface area contributed by atoms with Gasteiger partial charge in [0, 0.05) is 6.54 Å². The maximum absolute atomic E-state index is 6.03. The van der Waals surface area contributed by atoms with Crippen LogP contribution in [0.5, 0.6) is 23.0 Å². The minimum Gasteiger partial charge on any atom is -0.493 e. The Morgan fingerprint density at radius 2 is 1.34 bits per heavy atom. The lowest BCUT2D eigenvalue weighted by molar-refractivity contribution is 0.269. The predicted octanol–water partition coefficient (Wildman–Crippen LogP) is 5.32. The van der Waals surface area contributed by atoms with E-state index in [2.05, 4.69) is 54.7 Å². The summed E-state index contributed by atoms with van der Waals surface area (Å²) < 4.78 is 22.5. The highest BCUT2D eigenvalue weighted by atomic mass is 16.5. The van der Waals surface area contributed by atoms with Crippen molar-refractivity contribution in [1.82, 2.24) is 5.32 Å². The van der Waals surface area contributed by atoms with E-state index < -0.39 is 0 Å². The number of rotatable bonds is 12. The zero-order valence-electron chi connectivity index (χ0n) is 19.4. The summed E-state index contributed by atoms with van der Waals surface area (Å²) in [5.74, 6) is 3.05. The number of hydrogen-bond donors (Lipinski definition) is 1. The smallest absolute Gasteiger partial charge is 0.161 e. The molecule has 0 unspecified atom stereocenters. The summed E-state index contributed by atoms with van der Waals surface area (Å²) in [5.41, 5.74) is 4.74. The molecule has 0 aliphatic rings. The van der Waals surface area contributed by atoms with Gasteiger partial charge in [0.25, 0.3) is 0 Å². The summed E-state index contributed by atoms with van der Waals surface area (Å²) in [6.07, 6.45) is 0.899. The molecule has 0 spiro atoms. The molecule has 0 atom stereocenters. The zero-order valence-corrected chi connectivity index (χ0v) is 19.4. The second kappa shape index (κ2) is 12.0. The van der Waals surface area contributed by atoms with Crippen LogP contribution in [0, 0.1) is 6.92 Å². The van der Waals surface area contributed by atoms with Gasteiger partial charge < -0.3 is 24.3 Å². The van der Waals surface area contributed by atoms with E-state index in [-0.39, 0.29) is 0 Å². The lowest BCUT2D eigenvalue weighted by Crippen LogP contribution is -2.16. The van der Waals surface area contributed by atoms with Gasteiger partial charge in [-0.15, -0.1) is 0 Å². The molecule has 0 saturated carbocycles. The van der Waals surface area contributed by atoms with E-state index >= 15 is 0 Å². The van der Waals surface area contributed by atoms with Crippen molar-refractivity contribution in [3.8, 4) is 23.0 Å². The third kappa shape index (κ3) is 6.66. The largest absolute Gasteiger partial charge is 0.493 e. The van der Waals surface area contributed by atoms with Gasteiger partial charge in [-0.1, -0.05) is 42.0 Å². The molecule has 3 aromatic rings. The van der Waals surface area contributed by atoms with Crippen LogP contribution in [0.25, 0.3) is 0 Å². The fraction of sp³-hybridized carbons (Fsp3) is 0.333. The minimum absolute atomic E-state index is 0.517. The summed E-state index contributed by atoms with van der Waals surface area (Å²) in [6, 6.07) is 20.5. The number of benzene rings is 3. The quantitative estimate of drug-likeness (QED) is 0.390. The lowest BCUT2D eigenvalue weighted by Gasteiger charge is -2.14. The summed E-state index contributed by atoms with van der Waals surface area (Å²) in [4.78, 5) is 0. The Morgan fingerprint density at radius 1 is 0.688 bits per heavy atom. The molecule has 1 N–H and O–H groups in total. The molecule has 0 fully saturated rings. The van der Waals surface area contributed by atoms with Gasteiger partial charge in [0.05, 0.1) is 20.8 Å². The summed E-state index contributed by atoms with van der Waals surface area (Å²) >= 11 is 0. The molecule has 5 heteroatoms. The standard InChI is InChI=1S/C27H33NO4/c1-5-31-27-17-23(11-13-25(27)32-19-22-8-6-20(2)7-9-22)18-28-15-14-21-10-12-24(29-3)26(16-21)30-4/h6-13,16-17,28H,5,14-15,18-19H2,1-4H3. The van der Waals surface area contributed by atoms with Crippen molar-refractivity contribution in [3.63, 3.8) is 0 Å². The summed E-state index contributed by atoms with van der Waals surface area (Å²) in [7, 11) is 3.30. The van der Waals surface area contributed by atoms with E-state index in [4.69, 9.17) is 18.9 Å². The second-order valence-electron chi connectivity index (χ2n) is 7.60. The number of nitrogens with one attached hydrogen (secondary N) is 1. The molecule has 32 heavy (non-hydrogen) atoms. The van der Waals surface area contributed by atoms with Crippen LogP contribution in [-0.4, -0.2) is 27.4 Å². The molecule has 170 valence electrons. The lowest BCUT2D eigenvalue weighted by atomic mass is 10.1. The van der Waals surface area contributed by atoms with Gasteiger partial charge >= 0.3 is 0 Å². The van der Waals surface area contributed by atoms with E-state index in [1.54, 1.807) is 14.2 Å². The van der Waals surface area contributed by atoms with Crippen LogP contribution >= 0.6 is 0 Å². The fourth-order valence-corrected chi connectivity index (χ4v) is 3.40. The van der Waals surface area contributed by atoms with Crippen LogP contribution in [0.1, 0.15) is 29.2 Å². The average molecular weight is 436 g/mol. The molecule has 5 nitrogen and oxygen atoms in total. The van der Waals surface area contributed by atoms with E-state index in [0.717, 1.165) is 53.6 Å². The Bertz CT molecular complexity index is 985. The van der Waals surface area contributed by atoms with Gasteiger partial charge in [-0.25, -0.2) is 0 Å². The highest BCUT2D eigenvalue weighted by Crippen LogP contribution is 2.30. The van der Waals surface area contributed by atoms with Crippen molar-refractivity contribution in [1.29, 1.82) is 0 Å². The fourth-order valence-electron chi connectivity index (χ4n) is 3.40. The molecule has 0 aromatic heterocycles. The van der Waals surface area contributed by atoms with Gasteiger partial charge in [-0.05, 0) is 67.8 Å². The molecule has 3 aromatic carbocycles. The van der Waals surface area contributed by atoms with Gasteiger partial charge in [0.15, 0.2) is 23.0 Å². The zero-order chi connectivity index (χ0) is 22.8. The van der Waals surface area contributed by atoms with Crippen molar-refractivity contribution in [2.75, 3.05) is 27.4 Å². The molecule has 0 saturated heterocycles. The van der Waals surface area contributed by atoms with Crippen molar-refractivity contribution in [2.45, 2.75) is 33.4 Å². The Balaban J connectivity index is 1.54. The predicted molar refractivity (Wildman–Crippen MR) is 128 cm³/mol. The number of aryl methyl sites for hydroxylation is 1. The Labute approximate surface area is 191 Å². The van der Waals surface area contributed by atoms with Crippen LogP contribution in [0.3, 0.4) is 0 Å². The minimum atomic E-state index is 0.517. The Hall–Kier alpha value is -3.18. The van der Waals surface area contributed by atoms with Gasteiger partial charge in [-0.2, -0.15) is 0 Å². The highest BCUT2D eigenvalue weighted by molar-refractivity contribution is 5.44. The van der Waals surface area contributed by atoms with Gasteiger partial charge in [0.1, 0.15) is 6.61 Å². The first-order valence-corrected chi connectivity index (χ1v) is 11.0. The Morgan fingerprint density at radius 3 is 2.06 bits per heavy atom. The van der Waals surface area contributed by atoms with Crippen LogP contribution in [0.4, 0.5) is 0 Å². The first-order chi connectivity index (χ1) is 15.6. The van der Waals surface area contributed by atoms with E-state index in [0.29, 0.717) is 13.2 Å². The molecule has 0 amide bonds. The maximum Gasteiger partial charge on any atom is 0.161 e. The average Bonchev–Trinajstić information content (AvgIpc) is 2.82. The molecular weight excluding hydrogens is 402 g/mol. The monoisotopic (exact) mass is 435 g/mol. The molecule has 0 heterocycles. The molecule has 0 bridgehead atoms. The highest BCUT2D eigenvalue weighted by Gasteiger charge is 2.08. The first-order valence-electron chi connectivity index (χ1n) is 11.0. The van der Waals surface area contributed by atoms with E-state index in [1.807, 2.05) is 25.1 Å². The van der Waals surface area contributed by atoms with E-state index in [1.165, 1.54) is 11.1 Å².